The molecule has 3 rings (SSSR count). The van der Waals surface area contributed by atoms with E-state index in [0.717, 1.165) is 24.2 Å². The second kappa shape index (κ2) is 4.13. The normalized spacial score (nSPS) is 25.0. The van der Waals surface area contributed by atoms with Gasteiger partial charge in [-0.2, -0.15) is 0 Å². The molecule has 1 aromatic rings. The fourth-order valence-electron chi connectivity index (χ4n) is 2.72. The summed E-state index contributed by atoms with van der Waals surface area (Å²) in [6.45, 7) is 2.05. The van der Waals surface area contributed by atoms with Gasteiger partial charge in [0, 0.05) is 24.6 Å². The minimum Gasteiger partial charge on any atom is -0.296 e. The third-order valence-corrected chi connectivity index (χ3v) is 4.04. The third-order valence-electron chi connectivity index (χ3n) is 3.55. The summed E-state index contributed by atoms with van der Waals surface area (Å²) in [4.78, 5) is 10.8. The molecule has 3 heterocycles. The van der Waals surface area contributed by atoms with Crippen molar-refractivity contribution in [1.82, 2.24) is 14.9 Å². The Balaban J connectivity index is 1.98. The number of hydrogen-bond acceptors (Lipinski definition) is 3. The Hall–Kier alpha value is -0.380. The van der Waals surface area contributed by atoms with Crippen LogP contribution in [0.2, 0.25) is 10.4 Å². The van der Waals surface area contributed by atoms with Crippen LogP contribution in [0.15, 0.2) is 0 Å². The van der Waals surface area contributed by atoms with Gasteiger partial charge in [0.25, 0.3) is 0 Å². The van der Waals surface area contributed by atoms with Gasteiger partial charge in [-0.25, -0.2) is 9.97 Å². The van der Waals surface area contributed by atoms with Crippen molar-refractivity contribution in [2.45, 2.75) is 38.3 Å². The van der Waals surface area contributed by atoms with Crippen LogP contribution in [0.3, 0.4) is 0 Å². The Morgan fingerprint density at radius 3 is 2.94 bits per heavy atom. The summed E-state index contributed by atoms with van der Waals surface area (Å²) in [6, 6.07) is 0.628. The van der Waals surface area contributed by atoms with Gasteiger partial charge in [-0.1, -0.05) is 18.0 Å². The molecule has 5 heteroatoms. The highest BCUT2D eigenvalue weighted by Gasteiger charge is 2.30. The Bertz CT molecular complexity index is 422. The molecule has 0 aromatic carbocycles. The highest BCUT2D eigenvalue weighted by atomic mass is 35.5. The fraction of sp³-hybridized carbons (Fsp3) is 0.636. The standard InChI is InChI=1S/C11H13Cl2N3/c12-10-8-6-16-4-2-1-3-7(16)5-9(8)14-11(13)15-10/h7H,1-6H2. The van der Waals surface area contributed by atoms with E-state index in [4.69, 9.17) is 23.2 Å². The topological polar surface area (TPSA) is 29.0 Å². The quantitative estimate of drug-likeness (QED) is 0.529. The molecule has 0 radical (unpaired) electrons. The number of aromatic nitrogens is 2. The monoisotopic (exact) mass is 257 g/mol. The van der Waals surface area contributed by atoms with Crippen LogP contribution in [0, 0.1) is 0 Å². The zero-order valence-corrected chi connectivity index (χ0v) is 10.4. The van der Waals surface area contributed by atoms with Crippen LogP contribution in [-0.2, 0) is 13.0 Å². The molecule has 2 aliphatic heterocycles. The highest BCUT2D eigenvalue weighted by Crippen LogP contribution is 2.31. The lowest BCUT2D eigenvalue weighted by atomic mass is 9.92. The summed E-state index contributed by atoms with van der Waals surface area (Å²) in [7, 11) is 0. The van der Waals surface area contributed by atoms with Gasteiger partial charge in [0.15, 0.2) is 0 Å². The molecule has 0 saturated carbocycles. The number of nitrogens with zero attached hydrogens (tertiary/aromatic N) is 3. The van der Waals surface area contributed by atoms with E-state index in [1.807, 2.05) is 0 Å². The minimum atomic E-state index is 0.271. The molecular weight excluding hydrogens is 245 g/mol. The van der Waals surface area contributed by atoms with Crippen molar-refractivity contribution in [3.05, 3.63) is 21.7 Å². The van der Waals surface area contributed by atoms with E-state index in [0.29, 0.717) is 11.2 Å². The van der Waals surface area contributed by atoms with Crippen molar-refractivity contribution in [2.75, 3.05) is 6.54 Å². The van der Waals surface area contributed by atoms with Gasteiger partial charge in [-0.05, 0) is 31.0 Å². The lowest BCUT2D eigenvalue weighted by Gasteiger charge is -2.39. The Morgan fingerprint density at radius 1 is 1.19 bits per heavy atom. The molecule has 16 heavy (non-hydrogen) atoms. The molecule has 3 nitrogen and oxygen atoms in total. The van der Waals surface area contributed by atoms with Crippen LogP contribution in [-0.4, -0.2) is 27.5 Å². The van der Waals surface area contributed by atoms with Crippen LogP contribution >= 0.6 is 23.2 Å². The van der Waals surface area contributed by atoms with Gasteiger partial charge < -0.3 is 0 Å². The van der Waals surface area contributed by atoms with Crippen LogP contribution in [0.4, 0.5) is 0 Å². The molecule has 1 fully saturated rings. The van der Waals surface area contributed by atoms with Crippen LogP contribution in [0.25, 0.3) is 0 Å². The number of fused-ring (bicyclic) bond motifs is 2. The summed E-state index contributed by atoms with van der Waals surface area (Å²) < 4.78 is 0. The van der Waals surface area contributed by atoms with Crippen LogP contribution in [0.5, 0.6) is 0 Å². The first-order chi connectivity index (χ1) is 7.74. The fourth-order valence-corrected chi connectivity index (χ4v) is 3.20. The summed E-state index contributed by atoms with van der Waals surface area (Å²) in [5.41, 5.74) is 2.12. The molecule has 1 atom stereocenters. The van der Waals surface area contributed by atoms with Gasteiger partial charge in [0.2, 0.25) is 5.28 Å². The lowest BCUT2D eigenvalue weighted by Crippen LogP contribution is -2.44. The zero-order valence-electron chi connectivity index (χ0n) is 8.92. The summed E-state index contributed by atoms with van der Waals surface area (Å²) in [5.74, 6) is 0. The molecule has 1 saturated heterocycles. The largest absolute Gasteiger partial charge is 0.296 e. The van der Waals surface area contributed by atoms with Crippen LogP contribution < -0.4 is 0 Å². The second-order valence-electron chi connectivity index (χ2n) is 4.53. The van der Waals surface area contributed by atoms with Crippen LogP contribution in [0.1, 0.15) is 30.5 Å². The summed E-state index contributed by atoms with van der Waals surface area (Å²) in [6.07, 6.45) is 4.84. The molecule has 1 unspecified atom stereocenters. The first-order valence-electron chi connectivity index (χ1n) is 5.69. The molecule has 0 aliphatic carbocycles. The van der Waals surface area contributed by atoms with E-state index in [2.05, 4.69) is 14.9 Å². The average molecular weight is 258 g/mol. The molecule has 0 spiro atoms. The molecule has 0 bridgehead atoms. The predicted molar refractivity (Wildman–Crippen MR) is 63.8 cm³/mol. The maximum absolute atomic E-state index is 6.12. The van der Waals surface area contributed by atoms with Crippen molar-refractivity contribution >= 4 is 23.2 Å². The van der Waals surface area contributed by atoms with Crippen molar-refractivity contribution in [2.24, 2.45) is 0 Å². The first kappa shape index (κ1) is 10.8. The highest BCUT2D eigenvalue weighted by molar-refractivity contribution is 6.32. The smallest absolute Gasteiger partial charge is 0.224 e. The Kier molecular flexibility index (Phi) is 2.78. The minimum absolute atomic E-state index is 0.271. The van der Waals surface area contributed by atoms with Gasteiger partial charge in [0.1, 0.15) is 5.15 Å². The van der Waals surface area contributed by atoms with E-state index in [1.54, 1.807) is 0 Å². The number of rotatable bonds is 0. The number of piperidine rings is 1. The van der Waals surface area contributed by atoms with Gasteiger partial charge in [-0.15, -0.1) is 0 Å². The van der Waals surface area contributed by atoms with E-state index in [9.17, 15) is 0 Å². The van der Waals surface area contributed by atoms with Crippen molar-refractivity contribution < 1.29 is 0 Å². The summed E-state index contributed by atoms with van der Waals surface area (Å²) in [5, 5.41) is 0.798. The van der Waals surface area contributed by atoms with Crippen molar-refractivity contribution in [1.29, 1.82) is 0 Å². The number of halogens is 2. The lowest BCUT2D eigenvalue weighted by molar-refractivity contribution is 0.125. The second-order valence-corrected chi connectivity index (χ2v) is 5.23. The van der Waals surface area contributed by atoms with E-state index in [1.165, 1.54) is 25.8 Å². The molecule has 1 aromatic heterocycles. The average Bonchev–Trinajstić information content (AvgIpc) is 2.27. The number of hydrogen-bond donors (Lipinski definition) is 0. The van der Waals surface area contributed by atoms with Gasteiger partial charge in [-0.3, -0.25) is 4.90 Å². The zero-order chi connectivity index (χ0) is 11.1. The first-order valence-corrected chi connectivity index (χ1v) is 6.44. The van der Waals surface area contributed by atoms with Crippen molar-refractivity contribution in [3.8, 4) is 0 Å². The van der Waals surface area contributed by atoms with E-state index >= 15 is 0 Å². The maximum Gasteiger partial charge on any atom is 0.224 e. The SMILES string of the molecule is Clc1nc(Cl)c2c(n1)CC1CCCCN1C2. The predicted octanol–water partition coefficient (Wildman–Crippen LogP) is 2.69. The molecule has 2 aliphatic rings. The summed E-state index contributed by atoms with van der Waals surface area (Å²) >= 11 is 12.0. The van der Waals surface area contributed by atoms with E-state index in [-0.39, 0.29) is 5.28 Å². The van der Waals surface area contributed by atoms with Gasteiger partial charge >= 0.3 is 0 Å². The third kappa shape index (κ3) is 1.81. The van der Waals surface area contributed by atoms with Crippen molar-refractivity contribution in [3.63, 3.8) is 0 Å². The molecular formula is C11H13Cl2N3. The molecule has 86 valence electrons. The Labute approximate surface area is 105 Å². The van der Waals surface area contributed by atoms with Gasteiger partial charge in [0.05, 0.1) is 5.69 Å². The molecule has 0 N–H and O–H groups in total. The Morgan fingerprint density at radius 2 is 2.06 bits per heavy atom. The molecule has 0 amide bonds. The van der Waals surface area contributed by atoms with E-state index < -0.39 is 0 Å². The maximum atomic E-state index is 6.12.